The van der Waals surface area contributed by atoms with Gasteiger partial charge in [-0.25, -0.2) is 0 Å². The lowest BCUT2D eigenvalue weighted by Crippen LogP contribution is -2.53. The third-order valence-corrected chi connectivity index (χ3v) is 16.9. The number of hydrogen-bond donors (Lipinski definition) is 0. The highest BCUT2D eigenvalue weighted by atomic mass is 28.4. The largest absolute Gasteiger partial charge is 0.417 e. The zero-order valence-corrected chi connectivity index (χ0v) is 24.3. The Labute approximate surface area is 206 Å². The molecule has 4 aliphatic carbocycles. The molecule has 2 nitrogen and oxygen atoms in total. The Kier molecular flexibility index (Phi) is 7.11. The van der Waals surface area contributed by atoms with Gasteiger partial charge in [-0.05, 0) is 122 Å². The van der Waals surface area contributed by atoms with Crippen molar-refractivity contribution in [2.75, 3.05) is 6.61 Å². The zero-order chi connectivity index (χ0) is 24.2. The first-order valence-electron chi connectivity index (χ1n) is 14.5. The fourth-order valence-corrected chi connectivity index (χ4v) is 10.3. The quantitative estimate of drug-likeness (QED) is 0.284. The molecule has 8 atom stereocenters. The molecule has 0 amide bonds. The molecule has 5 unspecified atom stereocenters. The molecule has 0 heterocycles. The minimum absolute atomic E-state index is 0.310. The summed E-state index contributed by atoms with van der Waals surface area (Å²) in [6, 6.07) is 0. The summed E-state index contributed by atoms with van der Waals surface area (Å²) in [6.07, 6.45) is 14.0. The van der Waals surface area contributed by atoms with E-state index in [1.54, 1.807) is 0 Å². The Balaban J connectivity index is 1.36. The molecule has 0 aliphatic heterocycles. The topological polar surface area (TPSA) is 26.3 Å². The van der Waals surface area contributed by atoms with Gasteiger partial charge in [0.25, 0.3) is 0 Å². The smallest absolute Gasteiger partial charge is 0.191 e. The first-order valence-corrected chi connectivity index (χ1v) is 17.4. The molecule has 0 radical (unpaired) electrons. The van der Waals surface area contributed by atoms with Crippen molar-refractivity contribution in [3.05, 3.63) is 0 Å². The number of fused-ring (bicyclic) bond motifs is 5. The molecule has 0 N–H and O–H groups in total. The maximum Gasteiger partial charge on any atom is 0.191 e. The number of ketones is 1. The van der Waals surface area contributed by atoms with E-state index in [0.717, 1.165) is 49.0 Å². The van der Waals surface area contributed by atoms with Crippen LogP contribution in [0, 0.1) is 46.3 Å². The van der Waals surface area contributed by atoms with Crippen LogP contribution in [-0.4, -0.2) is 20.7 Å². The summed E-state index contributed by atoms with van der Waals surface area (Å²) in [5, 5.41) is 0.310. The van der Waals surface area contributed by atoms with Crippen LogP contribution in [0.15, 0.2) is 0 Å². The average molecular weight is 475 g/mol. The Hall–Kier alpha value is -0.153. The van der Waals surface area contributed by atoms with Crippen molar-refractivity contribution < 1.29 is 9.22 Å². The van der Waals surface area contributed by atoms with E-state index in [-0.39, 0.29) is 0 Å². The predicted octanol–water partition coefficient (Wildman–Crippen LogP) is 8.65. The standard InChI is InChI=1S/C30H54O2Si/c1-21(10-9-19-32-33(7,8)28(2,3)4)25-13-14-26-24-12-11-22-20-23(31)15-17-29(22,5)27(24)16-18-30(25,26)6/h21-22,24-27H,9-20H2,1-8H3/t21?,22?,24?,25-,26+,27+,29?,30?/m1/s1. The van der Waals surface area contributed by atoms with E-state index in [1.807, 2.05) is 0 Å². The van der Waals surface area contributed by atoms with Crippen LogP contribution in [-0.2, 0) is 9.22 Å². The maximum atomic E-state index is 12.2. The number of rotatable bonds is 6. The molecule has 0 aromatic carbocycles. The van der Waals surface area contributed by atoms with Crippen molar-refractivity contribution in [2.45, 2.75) is 130 Å². The summed E-state index contributed by atoms with van der Waals surface area (Å²) < 4.78 is 6.49. The maximum absolute atomic E-state index is 12.2. The Morgan fingerprint density at radius 1 is 1.00 bits per heavy atom. The van der Waals surface area contributed by atoms with Crippen molar-refractivity contribution in [1.82, 2.24) is 0 Å². The summed E-state index contributed by atoms with van der Waals surface area (Å²) in [5.41, 5.74) is 0.998. The molecule has 33 heavy (non-hydrogen) atoms. The van der Waals surface area contributed by atoms with Gasteiger partial charge in [-0.1, -0.05) is 41.5 Å². The molecule has 0 bridgehead atoms. The lowest BCUT2D eigenvalue weighted by molar-refractivity contribution is -0.140. The summed E-state index contributed by atoms with van der Waals surface area (Å²) in [7, 11) is -1.62. The van der Waals surface area contributed by atoms with E-state index < -0.39 is 8.32 Å². The van der Waals surface area contributed by atoms with E-state index in [1.165, 1.54) is 57.8 Å². The summed E-state index contributed by atoms with van der Waals surface area (Å²) in [6.45, 7) is 20.6. The minimum atomic E-state index is -1.62. The Morgan fingerprint density at radius 3 is 2.39 bits per heavy atom. The highest BCUT2D eigenvalue weighted by Crippen LogP contribution is 2.68. The van der Waals surface area contributed by atoms with Gasteiger partial charge in [0, 0.05) is 19.4 Å². The number of carbonyl (C=O) groups excluding carboxylic acids is 1. The number of carbonyl (C=O) groups is 1. The van der Waals surface area contributed by atoms with E-state index in [0.29, 0.717) is 27.6 Å². The molecule has 0 saturated heterocycles. The van der Waals surface area contributed by atoms with E-state index in [2.05, 4.69) is 54.6 Å². The molecule has 0 aromatic heterocycles. The van der Waals surface area contributed by atoms with Crippen LogP contribution in [0.4, 0.5) is 0 Å². The van der Waals surface area contributed by atoms with Gasteiger partial charge in [0.15, 0.2) is 8.32 Å². The van der Waals surface area contributed by atoms with Crippen molar-refractivity contribution in [3.63, 3.8) is 0 Å². The lowest BCUT2D eigenvalue weighted by Gasteiger charge is -2.60. The van der Waals surface area contributed by atoms with Gasteiger partial charge >= 0.3 is 0 Å². The van der Waals surface area contributed by atoms with Crippen molar-refractivity contribution in [1.29, 1.82) is 0 Å². The molecule has 4 saturated carbocycles. The van der Waals surface area contributed by atoms with Crippen LogP contribution in [0.25, 0.3) is 0 Å². The van der Waals surface area contributed by atoms with Gasteiger partial charge in [0.05, 0.1) is 0 Å². The molecule has 0 aromatic rings. The molecular formula is C30H54O2Si. The lowest BCUT2D eigenvalue weighted by atomic mass is 9.44. The monoisotopic (exact) mass is 474 g/mol. The van der Waals surface area contributed by atoms with Crippen LogP contribution < -0.4 is 0 Å². The van der Waals surface area contributed by atoms with E-state index >= 15 is 0 Å². The molecule has 4 aliphatic rings. The van der Waals surface area contributed by atoms with Crippen molar-refractivity contribution in [3.8, 4) is 0 Å². The SMILES string of the molecule is CC(CCCO[Si](C)(C)C(C)(C)C)[C@H]1CC[C@H]2C3CCC4CC(=O)CCC4(C)[C@H]3CCC12C. The summed E-state index contributed by atoms with van der Waals surface area (Å²) in [5.74, 6) is 5.69. The predicted molar refractivity (Wildman–Crippen MR) is 142 cm³/mol. The zero-order valence-electron chi connectivity index (χ0n) is 23.3. The van der Waals surface area contributed by atoms with Gasteiger partial charge in [0.2, 0.25) is 0 Å². The van der Waals surface area contributed by atoms with Crippen molar-refractivity contribution >= 4 is 14.1 Å². The number of hydrogen-bond acceptors (Lipinski definition) is 2. The summed E-state index contributed by atoms with van der Waals surface area (Å²) >= 11 is 0. The second-order valence-electron chi connectivity index (χ2n) is 14.9. The highest BCUT2D eigenvalue weighted by molar-refractivity contribution is 6.74. The van der Waals surface area contributed by atoms with Crippen molar-refractivity contribution in [2.24, 2.45) is 46.3 Å². The third-order valence-electron chi connectivity index (χ3n) is 12.3. The molecular weight excluding hydrogens is 420 g/mol. The molecule has 190 valence electrons. The molecule has 4 rings (SSSR count). The Bertz CT molecular complexity index is 723. The molecule has 4 fully saturated rings. The van der Waals surface area contributed by atoms with Gasteiger partial charge in [-0.3, -0.25) is 4.79 Å². The normalized spacial score (nSPS) is 42.4. The fraction of sp³-hybridized carbons (Fsp3) is 0.967. The second-order valence-corrected chi connectivity index (χ2v) is 19.7. The van der Waals surface area contributed by atoms with Gasteiger partial charge in [-0.15, -0.1) is 0 Å². The van der Waals surface area contributed by atoms with Crippen LogP contribution in [0.2, 0.25) is 18.1 Å². The highest BCUT2D eigenvalue weighted by Gasteiger charge is 2.60. The van der Waals surface area contributed by atoms with Crippen LogP contribution >= 0.6 is 0 Å². The van der Waals surface area contributed by atoms with Crippen LogP contribution in [0.1, 0.15) is 112 Å². The molecule has 3 heteroatoms. The third kappa shape index (κ3) is 4.56. The molecule has 0 spiro atoms. The first kappa shape index (κ1) is 25.9. The number of Topliss-reactive ketones (excluding diaryl/α,β-unsaturated/α-hetero) is 1. The van der Waals surface area contributed by atoms with E-state index in [4.69, 9.17) is 4.43 Å². The van der Waals surface area contributed by atoms with Gasteiger partial charge in [0.1, 0.15) is 5.78 Å². The first-order chi connectivity index (χ1) is 15.3. The minimum Gasteiger partial charge on any atom is -0.417 e. The van der Waals surface area contributed by atoms with Crippen LogP contribution in [0.5, 0.6) is 0 Å². The van der Waals surface area contributed by atoms with Gasteiger partial charge < -0.3 is 4.43 Å². The van der Waals surface area contributed by atoms with Gasteiger partial charge in [-0.2, -0.15) is 0 Å². The van der Waals surface area contributed by atoms with Crippen LogP contribution in [0.3, 0.4) is 0 Å². The Morgan fingerprint density at radius 2 is 1.70 bits per heavy atom. The second kappa shape index (κ2) is 9.06. The van der Waals surface area contributed by atoms with E-state index in [9.17, 15) is 4.79 Å². The fourth-order valence-electron chi connectivity index (χ4n) is 9.17. The summed E-state index contributed by atoms with van der Waals surface area (Å²) in [4.78, 5) is 12.2. The average Bonchev–Trinajstić information content (AvgIpc) is 3.08.